The van der Waals surface area contributed by atoms with Gasteiger partial charge >= 0.3 is 0 Å². The van der Waals surface area contributed by atoms with Crippen molar-refractivity contribution in [3.63, 3.8) is 0 Å². The van der Waals surface area contributed by atoms with Gasteiger partial charge in [-0.15, -0.1) is 0 Å². The summed E-state index contributed by atoms with van der Waals surface area (Å²) in [6.45, 7) is 3.27. The molecule has 4 heteroatoms. The van der Waals surface area contributed by atoms with Gasteiger partial charge in [-0.3, -0.25) is 4.79 Å². The Hall–Kier alpha value is -1.03. The van der Waals surface area contributed by atoms with E-state index in [0.29, 0.717) is 5.56 Å². The van der Waals surface area contributed by atoms with Crippen molar-refractivity contribution >= 4 is 27.5 Å². The van der Waals surface area contributed by atoms with Crippen molar-refractivity contribution in [2.75, 3.05) is 17.2 Å². The second-order valence-corrected chi connectivity index (χ2v) is 9.34. The summed E-state index contributed by atoms with van der Waals surface area (Å²) in [6.07, 6.45) is 21.3. The molecule has 0 aliphatic carbocycles. The smallest absolute Gasteiger partial charge is 0.248 e. The molecule has 3 nitrogen and oxygen atoms in total. The number of unbranched alkanes of at least 4 members (excludes halogenated alkanes) is 13. The van der Waals surface area contributed by atoms with E-state index in [1.807, 2.05) is 12.1 Å². The van der Waals surface area contributed by atoms with Crippen LogP contribution in [0.4, 0.5) is 5.69 Å². The van der Waals surface area contributed by atoms with Crippen LogP contribution in [0.15, 0.2) is 18.2 Å². The topological polar surface area (TPSA) is 55.1 Å². The quantitative estimate of drug-likeness (QED) is 0.146. The fraction of sp³-hybridized carbons (Fsp3) is 0.731. The first-order chi connectivity index (χ1) is 14.7. The van der Waals surface area contributed by atoms with Crippen molar-refractivity contribution in [2.24, 2.45) is 5.73 Å². The van der Waals surface area contributed by atoms with Crippen LogP contribution in [0.5, 0.6) is 0 Å². The zero-order valence-electron chi connectivity index (χ0n) is 19.3. The van der Waals surface area contributed by atoms with Crippen LogP contribution in [0.3, 0.4) is 0 Å². The van der Waals surface area contributed by atoms with Crippen LogP contribution in [0.25, 0.3) is 0 Å². The predicted octanol–water partition coefficient (Wildman–Crippen LogP) is 8.01. The van der Waals surface area contributed by atoms with Gasteiger partial charge in [-0.1, -0.05) is 106 Å². The number of primary amides is 1. The summed E-state index contributed by atoms with van der Waals surface area (Å²) in [4.78, 5) is 11.6. The summed E-state index contributed by atoms with van der Waals surface area (Å²) in [5, 5.41) is 4.44. The number of carbonyl (C=O) groups excluding carboxylic acids is 1. The maximum Gasteiger partial charge on any atom is 0.248 e. The monoisotopic (exact) mass is 480 g/mol. The molecule has 0 unspecified atom stereocenters. The first kappa shape index (κ1) is 27.0. The lowest BCUT2D eigenvalue weighted by Crippen LogP contribution is -2.14. The Morgan fingerprint density at radius 3 is 1.87 bits per heavy atom. The molecule has 3 N–H and O–H groups in total. The summed E-state index contributed by atoms with van der Waals surface area (Å²) in [6, 6.07) is 5.92. The van der Waals surface area contributed by atoms with Crippen LogP contribution >= 0.6 is 15.9 Å². The minimum atomic E-state index is -0.335. The fourth-order valence-electron chi connectivity index (χ4n) is 3.96. The van der Waals surface area contributed by atoms with Gasteiger partial charge in [0.25, 0.3) is 0 Å². The molecule has 0 saturated carbocycles. The number of hydrogen-bond acceptors (Lipinski definition) is 2. The highest BCUT2D eigenvalue weighted by Crippen LogP contribution is 2.18. The molecular formula is C26H45BrN2O. The molecule has 0 radical (unpaired) electrons. The number of carbonyl (C=O) groups is 1. The van der Waals surface area contributed by atoms with Crippen molar-refractivity contribution in [3.8, 4) is 0 Å². The van der Waals surface area contributed by atoms with Crippen LogP contribution in [0.1, 0.15) is 119 Å². The fourth-order valence-corrected chi connectivity index (χ4v) is 4.24. The molecule has 0 heterocycles. The summed E-state index contributed by atoms with van der Waals surface area (Å²) in [7, 11) is 0. The summed E-state index contributed by atoms with van der Waals surface area (Å²) >= 11 is 3.46. The van der Waals surface area contributed by atoms with E-state index in [-0.39, 0.29) is 5.91 Å². The number of nitrogens with one attached hydrogen (secondary N) is 1. The van der Waals surface area contributed by atoms with Crippen molar-refractivity contribution in [1.29, 1.82) is 0 Å². The highest BCUT2D eigenvalue weighted by Gasteiger charge is 2.08. The van der Waals surface area contributed by atoms with Gasteiger partial charge in [0.15, 0.2) is 0 Å². The summed E-state index contributed by atoms with van der Waals surface area (Å²) < 4.78 is 0. The van der Waals surface area contributed by atoms with Gasteiger partial charge in [0, 0.05) is 23.1 Å². The molecule has 1 aromatic carbocycles. The first-order valence-corrected chi connectivity index (χ1v) is 13.5. The van der Waals surface area contributed by atoms with Gasteiger partial charge in [-0.2, -0.15) is 0 Å². The Bertz CT molecular complexity index is 562. The minimum Gasteiger partial charge on any atom is -0.385 e. The molecule has 0 saturated heterocycles. The highest BCUT2D eigenvalue weighted by atomic mass is 79.9. The molecule has 172 valence electrons. The van der Waals surface area contributed by atoms with Crippen molar-refractivity contribution < 1.29 is 4.79 Å². The molecule has 0 aliphatic rings. The summed E-state index contributed by atoms with van der Waals surface area (Å²) in [5.74, 6) is -0.335. The molecule has 30 heavy (non-hydrogen) atoms. The number of anilines is 1. The Balaban J connectivity index is 2.03. The van der Waals surface area contributed by atoms with Crippen LogP contribution in [-0.2, 0) is 6.42 Å². The number of benzene rings is 1. The molecule has 0 fully saturated rings. The SMILES string of the molecule is CCCCCCCCCCCCCCCCNc1ccc(C(N)=O)c(CCCBr)c1. The molecule has 1 amide bonds. The number of rotatable bonds is 20. The normalized spacial score (nSPS) is 11.0. The third-order valence-corrected chi connectivity index (χ3v) is 6.37. The van der Waals surface area contributed by atoms with Crippen LogP contribution in [0.2, 0.25) is 0 Å². The summed E-state index contributed by atoms with van der Waals surface area (Å²) in [5.41, 5.74) is 8.30. The zero-order chi connectivity index (χ0) is 21.9. The molecule has 1 rings (SSSR count). The number of aryl methyl sites for hydroxylation is 1. The van der Waals surface area contributed by atoms with E-state index in [1.165, 1.54) is 89.9 Å². The molecule has 0 atom stereocenters. The van der Waals surface area contributed by atoms with Crippen molar-refractivity contribution in [1.82, 2.24) is 0 Å². The van der Waals surface area contributed by atoms with E-state index in [1.54, 1.807) is 0 Å². The molecule has 1 aromatic rings. The lowest BCUT2D eigenvalue weighted by Gasteiger charge is -2.11. The van der Waals surface area contributed by atoms with Gasteiger partial charge < -0.3 is 11.1 Å². The Kier molecular flexibility index (Phi) is 16.8. The van der Waals surface area contributed by atoms with Crippen LogP contribution in [-0.4, -0.2) is 17.8 Å². The minimum absolute atomic E-state index is 0.335. The number of hydrogen-bond donors (Lipinski definition) is 2. The van der Waals surface area contributed by atoms with E-state index in [9.17, 15) is 4.79 Å². The first-order valence-electron chi connectivity index (χ1n) is 12.4. The third kappa shape index (κ3) is 13.3. The largest absolute Gasteiger partial charge is 0.385 e. The van der Waals surface area contributed by atoms with Gasteiger partial charge in [0.05, 0.1) is 0 Å². The van der Waals surface area contributed by atoms with E-state index < -0.39 is 0 Å². The number of amides is 1. The van der Waals surface area contributed by atoms with Gasteiger partial charge in [-0.05, 0) is 43.0 Å². The molecule has 0 aromatic heterocycles. The lowest BCUT2D eigenvalue weighted by atomic mass is 10.0. The predicted molar refractivity (Wildman–Crippen MR) is 136 cm³/mol. The molecular weight excluding hydrogens is 436 g/mol. The Morgan fingerprint density at radius 1 is 0.833 bits per heavy atom. The van der Waals surface area contributed by atoms with Crippen LogP contribution in [0, 0.1) is 0 Å². The van der Waals surface area contributed by atoms with Gasteiger partial charge in [0.1, 0.15) is 0 Å². The highest BCUT2D eigenvalue weighted by molar-refractivity contribution is 9.09. The molecule has 0 aliphatic heterocycles. The van der Waals surface area contributed by atoms with Crippen LogP contribution < -0.4 is 11.1 Å². The van der Waals surface area contributed by atoms with E-state index in [0.717, 1.165) is 36.0 Å². The Labute approximate surface area is 194 Å². The van der Waals surface area contributed by atoms with E-state index in [2.05, 4.69) is 34.2 Å². The van der Waals surface area contributed by atoms with Crippen molar-refractivity contribution in [3.05, 3.63) is 29.3 Å². The number of halogens is 1. The average Bonchev–Trinajstić information content (AvgIpc) is 2.74. The maximum atomic E-state index is 11.6. The van der Waals surface area contributed by atoms with Gasteiger partial charge in [-0.25, -0.2) is 0 Å². The second-order valence-electron chi connectivity index (χ2n) is 8.55. The number of nitrogens with two attached hydrogens (primary N) is 1. The molecule has 0 bridgehead atoms. The maximum absolute atomic E-state index is 11.6. The molecule has 0 spiro atoms. The Morgan fingerprint density at radius 2 is 1.37 bits per heavy atom. The second kappa shape index (κ2) is 18.7. The van der Waals surface area contributed by atoms with E-state index in [4.69, 9.17) is 5.73 Å². The standard InChI is InChI=1S/C26H45BrN2O/c1-2-3-4-5-6-7-8-9-10-11-12-13-14-15-21-29-24-18-19-25(26(28)30)23(22-24)17-16-20-27/h18-19,22,29H,2-17,20-21H2,1H3,(H2,28,30). The zero-order valence-corrected chi connectivity index (χ0v) is 20.9. The average molecular weight is 482 g/mol. The van der Waals surface area contributed by atoms with Gasteiger partial charge in [0.2, 0.25) is 5.91 Å². The lowest BCUT2D eigenvalue weighted by molar-refractivity contribution is 0.0999. The third-order valence-electron chi connectivity index (χ3n) is 5.81. The van der Waals surface area contributed by atoms with E-state index >= 15 is 0 Å². The van der Waals surface area contributed by atoms with Crippen molar-refractivity contribution in [2.45, 2.75) is 110 Å². The number of alkyl halides is 1.